The van der Waals surface area contributed by atoms with Crippen LogP contribution in [-0.2, 0) is 9.59 Å². The lowest BCUT2D eigenvalue weighted by atomic mass is 10.0. The third-order valence-corrected chi connectivity index (χ3v) is 5.64. The number of hydrogen-bond donors (Lipinski definition) is 2. The maximum Gasteiger partial charge on any atom is 0.251 e. The Morgan fingerprint density at radius 1 is 1.21 bits per heavy atom. The Bertz CT molecular complexity index is 947. The van der Waals surface area contributed by atoms with E-state index in [0.29, 0.717) is 23.5 Å². The van der Waals surface area contributed by atoms with Gasteiger partial charge in [-0.25, -0.2) is 0 Å². The van der Waals surface area contributed by atoms with E-state index in [4.69, 9.17) is 10.5 Å². The predicted octanol–water partition coefficient (Wildman–Crippen LogP) is 1.47. The summed E-state index contributed by atoms with van der Waals surface area (Å²) in [6, 6.07) is 9.56. The maximum atomic E-state index is 12.6. The fourth-order valence-corrected chi connectivity index (χ4v) is 3.95. The summed E-state index contributed by atoms with van der Waals surface area (Å²) in [4.78, 5) is 42.2. The number of pyridine rings is 1. The number of hydrogen-bond acceptors (Lipinski definition) is 5. The number of likely N-dealkylation sites (tertiary alicyclic amines) is 1. The Kier molecular flexibility index (Phi) is 4.70. The number of aromatic nitrogens is 1. The van der Waals surface area contributed by atoms with Crippen molar-refractivity contribution in [1.82, 2.24) is 15.2 Å². The monoisotopic (exact) mass is 394 g/mol. The van der Waals surface area contributed by atoms with Crippen LogP contribution in [-0.4, -0.2) is 46.2 Å². The molecule has 2 heterocycles. The standard InChI is InChI=1S/C21H22N4O4/c1-21-9-16(19(22)27)25(17(21)10-21)18(26)12-24-20(28)13-4-6-14(7-5-13)29-15-3-2-8-23-11-15/h2-8,11,16-17H,9-10,12H2,1H3,(H2,22,27)(H,24,28). The van der Waals surface area contributed by atoms with Gasteiger partial charge in [-0.3, -0.25) is 19.4 Å². The molecule has 1 aliphatic carbocycles. The van der Waals surface area contributed by atoms with E-state index >= 15 is 0 Å². The number of nitrogens with two attached hydrogens (primary N) is 1. The topological polar surface area (TPSA) is 115 Å². The molecule has 4 rings (SSSR count). The van der Waals surface area contributed by atoms with Crippen molar-refractivity contribution in [3.63, 3.8) is 0 Å². The number of rotatable bonds is 6. The summed E-state index contributed by atoms with van der Waals surface area (Å²) < 4.78 is 5.64. The van der Waals surface area contributed by atoms with Crippen LogP contribution < -0.4 is 15.8 Å². The van der Waals surface area contributed by atoms with Crippen LogP contribution in [0, 0.1) is 5.41 Å². The highest BCUT2D eigenvalue weighted by molar-refractivity contribution is 5.97. The van der Waals surface area contributed by atoms with Gasteiger partial charge < -0.3 is 20.7 Å². The Balaban J connectivity index is 1.34. The van der Waals surface area contributed by atoms with Crippen molar-refractivity contribution in [2.75, 3.05) is 6.54 Å². The molecule has 1 aromatic heterocycles. The maximum absolute atomic E-state index is 12.6. The van der Waals surface area contributed by atoms with Crippen molar-refractivity contribution >= 4 is 17.7 Å². The second-order valence-electron chi connectivity index (χ2n) is 7.80. The summed E-state index contributed by atoms with van der Waals surface area (Å²) in [5, 5.41) is 2.62. The normalized spacial score (nSPS) is 24.5. The zero-order valence-electron chi connectivity index (χ0n) is 16.0. The Morgan fingerprint density at radius 2 is 1.97 bits per heavy atom. The fraction of sp³-hybridized carbons (Fsp3) is 0.333. The van der Waals surface area contributed by atoms with Crippen LogP contribution in [0.15, 0.2) is 48.8 Å². The lowest BCUT2D eigenvalue weighted by Gasteiger charge is -2.25. The van der Waals surface area contributed by atoms with Gasteiger partial charge in [0.2, 0.25) is 11.8 Å². The minimum absolute atomic E-state index is 0.0243. The molecule has 3 N–H and O–H groups in total. The summed E-state index contributed by atoms with van der Waals surface area (Å²) in [5.74, 6) is 0.00359. The molecule has 1 aliphatic heterocycles. The second kappa shape index (κ2) is 7.20. The molecule has 3 amide bonds. The SMILES string of the molecule is CC12CC(C(N)=O)N(C(=O)CNC(=O)c3ccc(Oc4cccnc4)cc3)C1C2. The van der Waals surface area contributed by atoms with Gasteiger partial charge in [-0.05, 0) is 54.7 Å². The third-order valence-electron chi connectivity index (χ3n) is 5.64. The van der Waals surface area contributed by atoms with Gasteiger partial charge in [0.15, 0.2) is 0 Å². The van der Waals surface area contributed by atoms with Crippen molar-refractivity contribution in [3.05, 3.63) is 54.4 Å². The molecule has 8 nitrogen and oxygen atoms in total. The number of carbonyl (C=O) groups is 3. The largest absolute Gasteiger partial charge is 0.456 e. The first-order valence-electron chi connectivity index (χ1n) is 9.44. The molecular weight excluding hydrogens is 372 g/mol. The molecule has 0 bridgehead atoms. The van der Waals surface area contributed by atoms with Crippen LogP contribution in [0.25, 0.3) is 0 Å². The molecule has 1 aromatic carbocycles. The molecule has 3 atom stereocenters. The first kappa shape index (κ1) is 18.9. The van der Waals surface area contributed by atoms with Crippen LogP contribution in [0.4, 0.5) is 0 Å². The van der Waals surface area contributed by atoms with Crippen LogP contribution in [0.5, 0.6) is 11.5 Å². The van der Waals surface area contributed by atoms with E-state index in [1.165, 1.54) is 0 Å². The lowest BCUT2D eigenvalue weighted by molar-refractivity contribution is -0.137. The molecule has 2 aromatic rings. The Morgan fingerprint density at radius 3 is 2.62 bits per heavy atom. The number of primary amides is 1. The lowest BCUT2D eigenvalue weighted by Crippen LogP contribution is -2.49. The number of nitrogens with one attached hydrogen (secondary N) is 1. The zero-order chi connectivity index (χ0) is 20.6. The quantitative estimate of drug-likeness (QED) is 0.770. The molecule has 29 heavy (non-hydrogen) atoms. The molecule has 0 spiro atoms. The highest BCUT2D eigenvalue weighted by Gasteiger charge is 2.63. The van der Waals surface area contributed by atoms with Gasteiger partial charge in [0.25, 0.3) is 5.91 Å². The highest BCUT2D eigenvalue weighted by atomic mass is 16.5. The van der Waals surface area contributed by atoms with Crippen molar-refractivity contribution in [2.45, 2.75) is 31.8 Å². The number of ether oxygens (including phenoxy) is 1. The molecule has 3 unspecified atom stereocenters. The fourth-order valence-electron chi connectivity index (χ4n) is 3.95. The summed E-state index contributed by atoms with van der Waals surface area (Å²) in [7, 11) is 0. The van der Waals surface area contributed by atoms with Crippen LogP contribution in [0.3, 0.4) is 0 Å². The molecule has 2 aliphatic rings. The van der Waals surface area contributed by atoms with Gasteiger partial charge in [-0.15, -0.1) is 0 Å². The van der Waals surface area contributed by atoms with Gasteiger partial charge in [0.1, 0.15) is 17.5 Å². The Hall–Kier alpha value is -3.42. The summed E-state index contributed by atoms with van der Waals surface area (Å²) in [5.41, 5.74) is 5.83. The van der Waals surface area contributed by atoms with E-state index in [1.807, 2.05) is 0 Å². The molecule has 0 radical (unpaired) electrons. The van der Waals surface area contributed by atoms with Crippen LogP contribution in [0.2, 0.25) is 0 Å². The third kappa shape index (κ3) is 3.78. The molecule has 1 saturated carbocycles. The number of nitrogens with zero attached hydrogens (tertiary/aromatic N) is 2. The first-order valence-corrected chi connectivity index (χ1v) is 9.44. The zero-order valence-corrected chi connectivity index (χ0v) is 16.0. The van der Waals surface area contributed by atoms with Crippen molar-refractivity contribution in [1.29, 1.82) is 0 Å². The molecule has 8 heteroatoms. The van der Waals surface area contributed by atoms with Crippen molar-refractivity contribution in [2.24, 2.45) is 11.1 Å². The first-order chi connectivity index (χ1) is 13.9. The molecule has 1 saturated heterocycles. The van der Waals surface area contributed by atoms with E-state index in [1.54, 1.807) is 53.7 Å². The molecular formula is C21H22N4O4. The number of amides is 3. The van der Waals surface area contributed by atoms with Gasteiger partial charge in [0, 0.05) is 17.8 Å². The molecule has 2 fully saturated rings. The van der Waals surface area contributed by atoms with E-state index in [0.717, 1.165) is 6.42 Å². The van der Waals surface area contributed by atoms with Crippen molar-refractivity contribution < 1.29 is 19.1 Å². The van der Waals surface area contributed by atoms with Crippen molar-refractivity contribution in [3.8, 4) is 11.5 Å². The number of piperidine rings is 1. The van der Waals surface area contributed by atoms with E-state index < -0.39 is 11.9 Å². The minimum Gasteiger partial charge on any atom is -0.456 e. The average Bonchev–Trinajstić information content (AvgIpc) is 3.27. The highest BCUT2D eigenvalue weighted by Crippen LogP contribution is 2.58. The average molecular weight is 394 g/mol. The van der Waals surface area contributed by atoms with Crippen LogP contribution >= 0.6 is 0 Å². The Labute approximate surface area is 168 Å². The molecule has 150 valence electrons. The number of fused-ring (bicyclic) bond motifs is 1. The number of carbonyl (C=O) groups excluding carboxylic acids is 3. The second-order valence-corrected chi connectivity index (χ2v) is 7.80. The summed E-state index contributed by atoms with van der Waals surface area (Å²) in [6.45, 7) is 1.87. The van der Waals surface area contributed by atoms with E-state index in [9.17, 15) is 14.4 Å². The van der Waals surface area contributed by atoms with Crippen LogP contribution in [0.1, 0.15) is 30.1 Å². The van der Waals surface area contributed by atoms with Gasteiger partial charge >= 0.3 is 0 Å². The number of benzene rings is 1. The van der Waals surface area contributed by atoms with E-state index in [-0.39, 0.29) is 29.8 Å². The smallest absolute Gasteiger partial charge is 0.251 e. The predicted molar refractivity (Wildman–Crippen MR) is 104 cm³/mol. The summed E-state index contributed by atoms with van der Waals surface area (Å²) >= 11 is 0. The van der Waals surface area contributed by atoms with Gasteiger partial charge in [-0.1, -0.05) is 6.92 Å². The van der Waals surface area contributed by atoms with Gasteiger partial charge in [-0.2, -0.15) is 0 Å². The van der Waals surface area contributed by atoms with Gasteiger partial charge in [0.05, 0.1) is 12.7 Å². The summed E-state index contributed by atoms with van der Waals surface area (Å²) in [6.07, 6.45) is 4.70. The minimum atomic E-state index is -0.591. The van der Waals surface area contributed by atoms with E-state index in [2.05, 4.69) is 17.2 Å².